The van der Waals surface area contributed by atoms with Crippen molar-refractivity contribution in [2.45, 2.75) is 18.5 Å². The number of hydrogen-bond donors (Lipinski definition) is 1. The quantitative estimate of drug-likeness (QED) is 0.863. The summed E-state index contributed by atoms with van der Waals surface area (Å²) in [6, 6.07) is 12.8. The van der Waals surface area contributed by atoms with E-state index in [0.717, 1.165) is 4.90 Å². The molecule has 1 saturated heterocycles. The predicted octanol–water partition coefficient (Wildman–Crippen LogP) is 2.56. The van der Waals surface area contributed by atoms with Gasteiger partial charge in [-0.15, -0.1) is 0 Å². The molecule has 2 aliphatic heterocycles. The van der Waals surface area contributed by atoms with Crippen LogP contribution in [-0.2, 0) is 16.9 Å². The summed E-state index contributed by atoms with van der Waals surface area (Å²) in [7, 11) is 0. The number of carbonyl (C=O) groups is 2. The number of urea groups is 1. The number of imide groups is 1. The zero-order chi connectivity index (χ0) is 16.7. The van der Waals surface area contributed by atoms with Gasteiger partial charge in [0.15, 0.2) is 5.54 Å². The van der Waals surface area contributed by atoms with E-state index in [0.29, 0.717) is 29.9 Å². The Morgan fingerprint density at radius 1 is 1.12 bits per heavy atom. The van der Waals surface area contributed by atoms with E-state index in [4.69, 9.17) is 4.74 Å². The average Bonchev–Trinajstić information content (AvgIpc) is 2.82. The molecule has 3 amide bonds. The molecule has 0 radical (unpaired) electrons. The molecule has 0 bridgehead atoms. The fourth-order valence-electron chi connectivity index (χ4n) is 3.31. The highest BCUT2D eigenvalue weighted by Crippen LogP contribution is 2.41. The van der Waals surface area contributed by atoms with Crippen molar-refractivity contribution in [2.75, 3.05) is 6.61 Å². The second kappa shape index (κ2) is 5.33. The second-order valence-electron chi connectivity index (χ2n) is 5.91. The van der Waals surface area contributed by atoms with Gasteiger partial charge in [0.1, 0.15) is 11.6 Å². The molecule has 1 fully saturated rings. The summed E-state index contributed by atoms with van der Waals surface area (Å²) < 4.78 is 19.5. The molecule has 1 atom stereocenters. The average molecular weight is 326 g/mol. The van der Waals surface area contributed by atoms with Gasteiger partial charge in [-0.1, -0.05) is 36.4 Å². The van der Waals surface area contributed by atoms with Crippen LogP contribution in [0.2, 0.25) is 0 Å². The van der Waals surface area contributed by atoms with Gasteiger partial charge in [-0.3, -0.25) is 9.69 Å². The van der Waals surface area contributed by atoms with E-state index in [1.165, 1.54) is 6.07 Å². The second-order valence-corrected chi connectivity index (χ2v) is 5.91. The van der Waals surface area contributed by atoms with Crippen molar-refractivity contribution < 1.29 is 18.7 Å². The number of para-hydroxylation sites is 1. The monoisotopic (exact) mass is 326 g/mol. The van der Waals surface area contributed by atoms with E-state index in [2.05, 4.69) is 5.32 Å². The Labute approximate surface area is 138 Å². The third kappa shape index (κ3) is 2.06. The normalized spacial score (nSPS) is 22.3. The van der Waals surface area contributed by atoms with Gasteiger partial charge in [-0.25, -0.2) is 9.18 Å². The molecule has 6 heteroatoms. The first-order valence-electron chi connectivity index (χ1n) is 7.72. The summed E-state index contributed by atoms with van der Waals surface area (Å²) in [6.07, 6.45) is 0.350. The molecule has 5 nitrogen and oxygen atoms in total. The third-order valence-electron chi connectivity index (χ3n) is 4.54. The fraction of sp³-hybridized carbons (Fsp3) is 0.222. The molecule has 2 aromatic carbocycles. The van der Waals surface area contributed by atoms with E-state index >= 15 is 0 Å². The molecule has 2 aromatic rings. The van der Waals surface area contributed by atoms with Crippen LogP contribution in [0.1, 0.15) is 17.5 Å². The third-order valence-corrected chi connectivity index (χ3v) is 4.54. The Hall–Kier alpha value is -2.89. The lowest BCUT2D eigenvalue weighted by Crippen LogP contribution is -2.47. The van der Waals surface area contributed by atoms with Crippen LogP contribution in [0.5, 0.6) is 5.75 Å². The number of amides is 3. The summed E-state index contributed by atoms with van der Waals surface area (Å²) in [5, 5.41) is 2.80. The molecule has 122 valence electrons. The molecule has 0 aliphatic carbocycles. The zero-order valence-corrected chi connectivity index (χ0v) is 12.8. The van der Waals surface area contributed by atoms with Gasteiger partial charge in [0, 0.05) is 17.5 Å². The van der Waals surface area contributed by atoms with Gasteiger partial charge in [-0.2, -0.15) is 0 Å². The number of carbonyl (C=O) groups excluding carboxylic acids is 2. The summed E-state index contributed by atoms with van der Waals surface area (Å²) in [5.41, 5.74) is -0.180. The van der Waals surface area contributed by atoms with Crippen molar-refractivity contribution in [3.05, 3.63) is 65.5 Å². The number of hydrogen-bond acceptors (Lipinski definition) is 3. The van der Waals surface area contributed by atoms with E-state index in [9.17, 15) is 14.0 Å². The van der Waals surface area contributed by atoms with Crippen molar-refractivity contribution in [3.63, 3.8) is 0 Å². The van der Waals surface area contributed by atoms with Crippen LogP contribution in [-0.4, -0.2) is 23.4 Å². The largest absolute Gasteiger partial charge is 0.493 e. The SMILES string of the molecule is O=C1N[C@@]2(CCOc3ccccc32)C(=O)N1Cc1ccccc1F. The van der Waals surface area contributed by atoms with Crippen LogP contribution < -0.4 is 10.1 Å². The summed E-state index contributed by atoms with van der Waals surface area (Å²) in [4.78, 5) is 26.5. The minimum Gasteiger partial charge on any atom is -0.493 e. The predicted molar refractivity (Wildman–Crippen MR) is 83.7 cm³/mol. The number of ether oxygens (including phenoxy) is 1. The van der Waals surface area contributed by atoms with Gasteiger partial charge in [0.05, 0.1) is 13.2 Å². The highest BCUT2D eigenvalue weighted by Gasteiger charge is 2.54. The van der Waals surface area contributed by atoms with Crippen molar-refractivity contribution in [1.29, 1.82) is 0 Å². The van der Waals surface area contributed by atoms with Crippen LogP contribution >= 0.6 is 0 Å². The van der Waals surface area contributed by atoms with Crippen LogP contribution in [0.15, 0.2) is 48.5 Å². The van der Waals surface area contributed by atoms with Crippen molar-refractivity contribution in [3.8, 4) is 5.75 Å². The molecular formula is C18H15FN2O3. The van der Waals surface area contributed by atoms with E-state index in [1.54, 1.807) is 36.4 Å². The Morgan fingerprint density at radius 2 is 1.88 bits per heavy atom. The van der Waals surface area contributed by atoms with Crippen LogP contribution in [0.25, 0.3) is 0 Å². The summed E-state index contributed by atoms with van der Waals surface area (Å²) in [5.74, 6) is -0.219. The first kappa shape index (κ1) is 14.7. The van der Waals surface area contributed by atoms with Gasteiger partial charge >= 0.3 is 6.03 Å². The van der Waals surface area contributed by atoms with E-state index in [-0.39, 0.29) is 12.5 Å². The summed E-state index contributed by atoms with van der Waals surface area (Å²) >= 11 is 0. The summed E-state index contributed by atoms with van der Waals surface area (Å²) in [6.45, 7) is 0.235. The maximum Gasteiger partial charge on any atom is 0.325 e. The molecule has 24 heavy (non-hydrogen) atoms. The molecule has 2 heterocycles. The van der Waals surface area contributed by atoms with E-state index < -0.39 is 17.4 Å². The maximum absolute atomic E-state index is 13.9. The molecule has 1 spiro atoms. The van der Waals surface area contributed by atoms with Crippen molar-refractivity contribution in [2.24, 2.45) is 0 Å². The Morgan fingerprint density at radius 3 is 2.71 bits per heavy atom. The van der Waals surface area contributed by atoms with Gasteiger partial charge < -0.3 is 10.1 Å². The van der Waals surface area contributed by atoms with Gasteiger partial charge in [0.25, 0.3) is 5.91 Å². The molecule has 1 N–H and O–H groups in total. The Bertz CT molecular complexity index is 839. The Balaban J connectivity index is 1.71. The minimum absolute atomic E-state index is 0.0951. The number of benzene rings is 2. The highest BCUT2D eigenvalue weighted by atomic mass is 19.1. The lowest BCUT2D eigenvalue weighted by Gasteiger charge is -2.33. The zero-order valence-electron chi connectivity index (χ0n) is 12.8. The first-order valence-corrected chi connectivity index (χ1v) is 7.72. The van der Waals surface area contributed by atoms with Gasteiger partial charge in [0.2, 0.25) is 0 Å². The molecule has 0 aromatic heterocycles. The lowest BCUT2D eigenvalue weighted by atomic mass is 9.84. The maximum atomic E-state index is 13.9. The number of nitrogens with zero attached hydrogens (tertiary/aromatic N) is 1. The van der Waals surface area contributed by atoms with Crippen LogP contribution in [0.4, 0.5) is 9.18 Å². The van der Waals surface area contributed by atoms with E-state index in [1.807, 2.05) is 6.07 Å². The van der Waals surface area contributed by atoms with Crippen molar-refractivity contribution >= 4 is 11.9 Å². The smallest absolute Gasteiger partial charge is 0.325 e. The fourth-order valence-corrected chi connectivity index (χ4v) is 3.31. The topological polar surface area (TPSA) is 58.6 Å². The number of fused-ring (bicyclic) bond motifs is 2. The Kier molecular flexibility index (Phi) is 3.26. The van der Waals surface area contributed by atoms with Crippen LogP contribution in [0.3, 0.4) is 0 Å². The minimum atomic E-state index is -1.13. The molecule has 4 rings (SSSR count). The van der Waals surface area contributed by atoms with Crippen LogP contribution in [0, 0.1) is 5.82 Å². The molecule has 2 aliphatic rings. The number of nitrogens with one attached hydrogen (secondary N) is 1. The lowest BCUT2D eigenvalue weighted by molar-refractivity contribution is -0.133. The first-order chi connectivity index (χ1) is 11.6. The number of rotatable bonds is 2. The standard InChI is InChI=1S/C18H15FN2O3/c19-14-7-3-1-5-12(14)11-21-16(22)18(20-17(21)23)9-10-24-15-8-4-2-6-13(15)18/h1-8H,9-11H2,(H,20,23)/t18-/m1/s1. The molecule has 0 saturated carbocycles. The number of halogens is 1. The highest BCUT2D eigenvalue weighted by molar-refractivity contribution is 6.07. The van der Waals surface area contributed by atoms with Crippen molar-refractivity contribution in [1.82, 2.24) is 10.2 Å². The molecular weight excluding hydrogens is 311 g/mol. The molecule has 0 unspecified atom stereocenters. The van der Waals surface area contributed by atoms with Gasteiger partial charge in [-0.05, 0) is 12.1 Å².